The van der Waals surface area contributed by atoms with Gasteiger partial charge < -0.3 is 0 Å². The molecule has 1 aliphatic carbocycles. The number of Topliss-reactive ketones (excluding diaryl/α,β-unsaturated/α-hetero) is 1. The summed E-state index contributed by atoms with van der Waals surface area (Å²) < 4.78 is 0. The topological polar surface area (TPSA) is 17.1 Å². The third-order valence-corrected chi connectivity index (χ3v) is 5.62. The van der Waals surface area contributed by atoms with Crippen LogP contribution < -0.4 is 0 Å². The van der Waals surface area contributed by atoms with E-state index in [2.05, 4.69) is 26.8 Å². The minimum Gasteiger partial charge on any atom is -0.293 e. The molecular formula is C17H26OS. The average Bonchev–Trinajstić information content (AvgIpc) is 2.70. The molecule has 2 heteroatoms. The maximum Gasteiger partial charge on any atom is 0.173 e. The molecule has 0 unspecified atom stereocenters. The molecule has 1 fully saturated rings. The van der Waals surface area contributed by atoms with E-state index in [9.17, 15) is 4.79 Å². The van der Waals surface area contributed by atoms with Crippen LogP contribution in [0.15, 0.2) is 12.1 Å². The van der Waals surface area contributed by atoms with E-state index >= 15 is 0 Å². The van der Waals surface area contributed by atoms with Crippen LogP contribution in [0.5, 0.6) is 0 Å². The monoisotopic (exact) mass is 278 g/mol. The van der Waals surface area contributed by atoms with E-state index in [1.165, 1.54) is 43.4 Å². The number of carbonyl (C=O) groups excluding carboxylic acids is 1. The minimum absolute atomic E-state index is 0.158. The van der Waals surface area contributed by atoms with Crippen molar-refractivity contribution < 1.29 is 4.79 Å². The lowest BCUT2D eigenvalue weighted by molar-refractivity contribution is 0.0961. The van der Waals surface area contributed by atoms with Crippen LogP contribution in [0.1, 0.15) is 80.3 Å². The van der Waals surface area contributed by atoms with Crippen LogP contribution in [-0.2, 0) is 5.41 Å². The van der Waals surface area contributed by atoms with E-state index in [4.69, 9.17) is 0 Å². The molecule has 1 aliphatic rings. The summed E-state index contributed by atoms with van der Waals surface area (Å²) >= 11 is 1.69. The molecule has 0 N–H and O–H groups in total. The van der Waals surface area contributed by atoms with Gasteiger partial charge >= 0.3 is 0 Å². The first-order chi connectivity index (χ1) is 8.97. The van der Waals surface area contributed by atoms with Crippen molar-refractivity contribution >= 4 is 17.1 Å². The molecule has 0 spiro atoms. The van der Waals surface area contributed by atoms with Crippen LogP contribution in [0.4, 0.5) is 0 Å². The third kappa shape index (κ3) is 4.17. The average molecular weight is 278 g/mol. The zero-order chi connectivity index (χ0) is 13.9. The van der Waals surface area contributed by atoms with E-state index in [0.717, 1.165) is 11.3 Å². The quantitative estimate of drug-likeness (QED) is 0.520. The third-order valence-electron chi connectivity index (χ3n) is 4.07. The minimum atomic E-state index is 0.158. The highest BCUT2D eigenvalue weighted by atomic mass is 32.1. The molecule has 1 nitrogen and oxygen atoms in total. The van der Waals surface area contributed by atoms with Gasteiger partial charge in [0, 0.05) is 11.3 Å². The lowest BCUT2D eigenvalue weighted by Gasteiger charge is -2.15. The second-order valence-electron chi connectivity index (χ2n) is 6.90. The van der Waals surface area contributed by atoms with Crippen LogP contribution in [0, 0.1) is 5.92 Å². The molecule has 0 amide bonds. The number of thiophene rings is 1. The van der Waals surface area contributed by atoms with E-state index in [0.29, 0.717) is 11.7 Å². The highest BCUT2D eigenvalue weighted by molar-refractivity contribution is 7.14. The van der Waals surface area contributed by atoms with Crippen molar-refractivity contribution in [2.24, 2.45) is 5.92 Å². The molecule has 19 heavy (non-hydrogen) atoms. The molecule has 0 aliphatic heterocycles. The molecule has 0 radical (unpaired) electrons. The Morgan fingerprint density at radius 3 is 2.32 bits per heavy atom. The molecule has 0 atom stereocenters. The molecule has 1 aromatic rings. The van der Waals surface area contributed by atoms with Gasteiger partial charge in [0.2, 0.25) is 0 Å². The van der Waals surface area contributed by atoms with Crippen molar-refractivity contribution in [3.8, 4) is 0 Å². The predicted octanol–water partition coefficient (Wildman–Crippen LogP) is 5.59. The van der Waals surface area contributed by atoms with Crippen LogP contribution in [0.25, 0.3) is 0 Å². The first-order valence-corrected chi connectivity index (χ1v) is 8.42. The molecule has 106 valence electrons. The fourth-order valence-corrected chi connectivity index (χ4v) is 3.83. The maximum atomic E-state index is 12.4. The van der Waals surface area contributed by atoms with Crippen LogP contribution in [-0.4, -0.2) is 5.78 Å². The Morgan fingerprint density at radius 2 is 1.79 bits per heavy atom. The Bertz CT molecular complexity index is 417. The van der Waals surface area contributed by atoms with Crippen molar-refractivity contribution in [1.29, 1.82) is 0 Å². The fraction of sp³-hybridized carbons (Fsp3) is 0.706. The van der Waals surface area contributed by atoms with Gasteiger partial charge in [0.25, 0.3) is 0 Å². The Hall–Kier alpha value is -0.630. The van der Waals surface area contributed by atoms with E-state index in [1.54, 1.807) is 11.3 Å². The van der Waals surface area contributed by atoms with Gasteiger partial charge in [0.05, 0.1) is 4.88 Å². The molecule has 0 bridgehead atoms. The molecule has 1 heterocycles. The molecule has 0 saturated heterocycles. The van der Waals surface area contributed by atoms with Gasteiger partial charge in [-0.2, -0.15) is 0 Å². The van der Waals surface area contributed by atoms with Crippen LogP contribution >= 0.6 is 11.3 Å². The summed E-state index contributed by atoms with van der Waals surface area (Å²) in [6.45, 7) is 6.62. The normalized spacial score (nSPS) is 18.3. The van der Waals surface area contributed by atoms with Crippen LogP contribution in [0.2, 0.25) is 0 Å². The lowest BCUT2D eigenvalue weighted by Crippen LogP contribution is -2.08. The van der Waals surface area contributed by atoms with Gasteiger partial charge in [-0.15, -0.1) is 11.3 Å². The Balaban J connectivity index is 1.97. The second-order valence-corrected chi connectivity index (χ2v) is 7.98. The Kier molecular flexibility index (Phi) is 4.83. The van der Waals surface area contributed by atoms with Crippen molar-refractivity contribution in [3.63, 3.8) is 0 Å². The molecule has 0 aromatic carbocycles. The number of ketones is 1. The van der Waals surface area contributed by atoms with Crippen molar-refractivity contribution in [1.82, 2.24) is 0 Å². The molecule has 1 saturated carbocycles. The van der Waals surface area contributed by atoms with Gasteiger partial charge in [0.15, 0.2) is 5.78 Å². The standard InChI is InChI=1S/C17H26OS/c1-17(2,3)16-11-10-15(19-16)14(18)12-13-8-6-4-5-7-9-13/h10-11,13H,4-9,12H2,1-3H3. The van der Waals surface area contributed by atoms with Crippen molar-refractivity contribution in [2.45, 2.75) is 71.1 Å². The smallest absolute Gasteiger partial charge is 0.173 e. The second kappa shape index (κ2) is 6.21. The fourth-order valence-electron chi connectivity index (χ4n) is 2.82. The summed E-state index contributed by atoms with van der Waals surface area (Å²) in [6, 6.07) is 4.16. The highest BCUT2D eigenvalue weighted by Gasteiger charge is 2.21. The molecule has 1 aromatic heterocycles. The maximum absolute atomic E-state index is 12.4. The van der Waals surface area contributed by atoms with Gasteiger partial charge in [-0.3, -0.25) is 4.79 Å². The first kappa shape index (κ1) is 14.8. The van der Waals surface area contributed by atoms with Gasteiger partial charge in [-0.1, -0.05) is 59.3 Å². The van der Waals surface area contributed by atoms with Crippen molar-refractivity contribution in [2.75, 3.05) is 0 Å². The number of carbonyl (C=O) groups is 1. The van der Waals surface area contributed by atoms with E-state index < -0.39 is 0 Å². The summed E-state index contributed by atoms with van der Waals surface area (Å²) in [4.78, 5) is 14.7. The summed E-state index contributed by atoms with van der Waals surface area (Å²) in [5.74, 6) is 1.00. The molecule has 2 rings (SSSR count). The first-order valence-electron chi connectivity index (χ1n) is 7.60. The SMILES string of the molecule is CC(C)(C)c1ccc(C(=O)CC2CCCCCC2)s1. The largest absolute Gasteiger partial charge is 0.293 e. The Morgan fingerprint density at radius 1 is 1.16 bits per heavy atom. The zero-order valence-electron chi connectivity index (χ0n) is 12.5. The summed E-state index contributed by atoms with van der Waals surface area (Å²) in [7, 11) is 0. The van der Waals surface area contributed by atoms with E-state index in [-0.39, 0.29) is 5.41 Å². The van der Waals surface area contributed by atoms with Gasteiger partial charge in [0.1, 0.15) is 0 Å². The van der Waals surface area contributed by atoms with Crippen molar-refractivity contribution in [3.05, 3.63) is 21.9 Å². The highest BCUT2D eigenvalue weighted by Crippen LogP contribution is 2.32. The van der Waals surface area contributed by atoms with Gasteiger partial charge in [-0.05, 0) is 23.5 Å². The van der Waals surface area contributed by atoms with Crippen LogP contribution in [0.3, 0.4) is 0 Å². The summed E-state index contributed by atoms with van der Waals surface area (Å²) in [6.07, 6.45) is 8.62. The Labute approximate surface area is 121 Å². The summed E-state index contributed by atoms with van der Waals surface area (Å²) in [5, 5.41) is 0. The molecular weight excluding hydrogens is 252 g/mol. The summed E-state index contributed by atoms with van der Waals surface area (Å²) in [5.41, 5.74) is 0.158. The predicted molar refractivity (Wildman–Crippen MR) is 83.2 cm³/mol. The number of hydrogen-bond donors (Lipinski definition) is 0. The lowest BCUT2D eigenvalue weighted by atomic mass is 9.93. The van der Waals surface area contributed by atoms with E-state index in [1.807, 2.05) is 6.07 Å². The number of rotatable bonds is 3. The zero-order valence-corrected chi connectivity index (χ0v) is 13.3. The van der Waals surface area contributed by atoms with Gasteiger partial charge in [-0.25, -0.2) is 0 Å². The number of hydrogen-bond acceptors (Lipinski definition) is 2.